The second-order valence-electron chi connectivity index (χ2n) is 2.01. The summed E-state index contributed by atoms with van der Waals surface area (Å²) in [5.74, 6) is 0. The van der Waals surface area contributed by atoms with E-state index in [1.807, 2.05) is 0 Å². The molecule has 3 heteroatoms. The van der Waals surface area contributed by atoms with E-state index in [9.17, 15) is 0 Å². The number of hydroxylamine groups is 2. The van der Waals surface area contributed by atoms with E-state index in [0.29, 0.717) is 19.6 Å². The molecule has 0 aliphatic carbocycles. The Bertz CT molecular complexity index is 105. The predicted octanol–water partition coefficient (Wildman–Crippen LogP) is 0.610. The van der Waals surface area contributed by atoms with Gasteiger partial charge in [0.25, 0.3) is 0 Å². The van der Waals surface area contributed by atoms with Crippen molar-refractivity contribution in [1.82, 2.24) is 5.06 Å². The number of hydrogen-bond donors (Lipinski definition) is 1. The molecule has 1 aliphatic rings. The molecule has 1 unspecified atom stereocenters. The zero-order valence-electron chi connectivity index (χ0n) is 5.29. The lowest BCUT2D eigenvalue weighted by atomic mass is 10.4. The molecule has 1 aliphatic heterocycles. The number of rotatable bonds is 2. The molecule has 0 aromatic heterocycles. The maximum absolute atomic E-state index is 8.98. The molecule has 0 aromatic carbocycles. The van der Waals surface area contributed by atoms with Gasteiger partial charge in [-0.15, -0.1) is 6.58 Å². The van der Waals surface area contributed by atoms with Crippen molar-refractivity contribution in [3.8, 4) is 0 Å². The fourth-order valence-corrected chi connectivity index (χ4v) is 0.845. The summed E-state index contributed by atoms with van der Waals surface area (Å²) in [5.41, 5.74) is 0. The van der Waals surface area contributed by atoms with Crippen LogP contribution in [0.3, 0.4) is 0 Å². The molecule has 1 rings (SSSR count). The molecule has 52 valence electrons. The van der Waals surface area contributed by atoms with Crippen LogP contribution in [-0.2, 0) is 4.74 Å². The van der Waals surface area contributed by atoms with E-state index in [-0.39, 0.29) is 6.23 Å². The lowest BCUT2D eigenvalue weighted by molar-refractivity contribution is -0.151. The van der Waals surface area contributed by atoms with Gasteiger partial charge in [-0.1, -0.05) is 6.08 Å². The van der Waals surface area contributed by atoms with E-state index < -0.39 is 0 Å². The molecular formula is C6H11NO2. The van der Waals surface area contributed by atoms with Gasteiger partial charge in [0, 0.05) is 6.42 Å². The van der Waals surface area contributed by atoms with Gasteiger partial charge >= 0.3 is 0 Å². The number of hydrogen-bond acceptors (Lipinski definition) is 3. The Morgan fingerprint density at radius 2 is 2.67 bits per heavy atom. The summed E-state index contributed by atoms with van der Waals surface area (Å²) >= 11 is 0. The largest absolute Gasteiger partial charge is 0.359 e. The average molecular weight is 129 g/mol. The fourth-order valence-electron chi connectivity index (χ4n) is 0.845. The van der Waals surface area contributed by atoms with Crippen LogP contribution in [0.4, 0.5) is 0 Å². The molecule has 0 radical (unpaired) electrons. The Morgan fingerprint density at radius 1 is 1.89 bits per heavy atom. The van der Waals surface area contributed by atoms with Crippen LogP contribution < -0.4 is 0 Å². The molecule has 9 heavy (non-hydrogen) atoms. The third-order valence-corrected chi connectivity index (χ3v) is 1.33. The zero-order chi connectivity index (χ0) is 6.69. The quantitative estimate of drug-likeness (QED) is 0.554. The number of ether oxygens (including phenoxy) is 1. The molecule has 1 saturated heterocycles. The van der Waals surface area contributed by atoms with Crippen molar-refractivity contribution >= 4 is 0 Å². The van der Waals surface area contributed by atoms with Crippen molar-refractivity contribution in [1.29, 1.82) is 0 Å². The normalized spacial score (nSPS) is 28.8. The first-order valence-electron chi connectivity index (χ1n) is 3.02. The highest BCUT2D eigenvalue weighted by Crippen LogP contribution is 2.09. The standard InChI is InChI=1S/C6H11NO2/c1-2-3-6-7(8)4-5-9-6/h2,6,8H,1,3-5H2. The van der Waals surface area contributed by atoms with Crippen molar-refractivity contribution in [3.05, 3.63) is 12.7 Å². The molecule has 0 spiro atoms. The van der Waals surface area contributed by atoms with Gasteiger partial charge in [-0.3, -0.25) is 0 Å². The summed E-state index contributed by atoms with van der Waals surface area (Å²) < 4.78 is 5.11. The van der Waals surface area contributed by atoms with Gasteiger partial charge in [-0.05, 0) is 0 Å². The second-order valence-corrected chi connectivity index (χ2v) is 2.01. The van der Waals surface area contributed by atoms with E-state index in [2.05, 4.69) is 6.58 Å². The first kappa shape index (κ1) is 6.74. The Labute approximate surface area is 54.5 Å². The molecule has 0 bridgehead atoms. The maximum atomic E-state index is 8.98. The minimum absolute atomic E-state index is 0.150. The first-order chi connectivity index (χ1) is 4.34. The molecule has 1 atom stereocenters. The topological polar surface area (TPSA) is 32.7 Å². The molecule has 0 saturated carbocycles. The van der Waals surface area contributed by atoms with Gasteiger partial charge in [0.2, 0.25) is 0 Å². The number of nitrogens with zero attached hydrogens (tertiary/aromatic N) is 1. The van der Waals surface area contributed by atoms with E-state index >= 15 is 0 Å². The van der Waals surface area contributed by atoms with E-state index in [4.69, 9.17) is 9.94 Å². The smallest absolute Gasteiger partial charge is 0.136 e. The summed E-state index contributed by atoms with van der Waals surface area (Å²) in [6.45, 7) is 4.77. The van der Waals surface area contributed by atoms with Crippen LogP contribution >= 0.6 is 0 Å². The summed E-state index contributed by atoms with van der Waals surface area (Å²) in [7, 11) is 0. The Hall–Kier alpha value is -0.380. The third kappa shape index (κ3) is 1.51. The molecule has 1 N–H and O–H groups in total. The predicted molar refractivity (Wildman–Crippen MR) is 33.0 cm³/mol. The molecule has 3 nitrogen and oxygen atoms in total. The molecule has 1 heterocycles. The minimum Gasteiger partial charge on any atom is -0.359 e. The second kappa shape index (κ2) is 2.96. The molecule has 0 amide bonds. The Balaban J connectivity index is 2.30. The van der Waals surface area contributed by atoms with Crippen LogP contribution in [0, 0.1) is 0 Å². The monoisotopic (exact) mass is 129 g/mol. The highest BCUT2D eigenvalue weighted by Gasteiger charge is 2.21. The molecule has 1 fully saturated rings. The summed E-state index contributed by atoms with van der Waals surface area (Å²) in [4.78, 5) is 0. The first-order valence-corrected chi connectivity index (χ1v) is 3.02. The van der Waals surface area contributed by atoms with Gasteiger partial charge in [0.15, 0.2) is 0 Å². The lowest BCUT2D eigenvalue weighted by Crippen LogP contribution is -2.25. The average Bonchev–Trinajstić information content (AvgIpc) is 2.18. The Morgan fingerprint density at radius 3 is 3.11 bits per heavy atom. The van der Waals surface area contributed by atoms with Gasteiger partial charge in [-0.25, -0.2) is 0 Å². The molecule has 0 aromatic rings. The van der Waals surface area contributed by atoms with E-state index in [1.165, 1.54) is 5.06 Å². The van der Waals surface area contributed by atoms with E-state index in [0.717, 1.165) is 0 Å². The summed E-state index contributed by atoms with van der Waals surface area (Å²) in [6, 6.07) is 0. The van der Waals surface area contributed by atoms with Crippen LogP contribution in [0.15, 0.2) is 12.7 Å². The van der Waals surface area contributed by atoms with Crippen molar-refractivity contribution < 1.29 is 9.94 Å². The fraction of sp³-hybridized carbons (Fsp3) is 0.667. The van der Waals surface area contributed by atoms with Crippen LogP contribution in [0.25, 0.3) is 0 Å². The van der Waals surface area contributed by atoms with Gasteiger partial charge in [-0.2, -0.15) is 5.06 Å². The summed E-state index contributed by atoms with van der Waals surface area (Å²) in [6.07, 6.45) is 2.28. The highest BCUT2D eigenvalue weighted by molar-refractivity contribution is 4.73. The van der Waals surface area contributed by atoms with Crippen molar-refractivity contribution in [3.63, 3.8) is 0 Å². The van der Waals surface area contributed by atoms with Crippen molar-refractivity contribution in [2.75, 3.05) is 13.2 Å². The lowest BCUT2D eigenvalue weighted by Gasteiger charge is -2.12. The molecular weight excluding hydrogens is 118 g/mol. The summed E-state index contributed by atoms with van der Waals surface area (Å²) in [5, 5.41) is 10.2. The van der Waals surface area contributed by atoms with Crippen LogP contribution in [0.1, 0.15) is 6.42 Å². The van der Waals surface area contributed by atoms with E-state index in [1.54, 1.807) is 6.08 Å². The Kier molecular flexibility index (Phi) is 2.22. The van der Waals surface area contributed by atoms with Crippen LogP contribution in [0.5, 0.6) is 0 Å². The van der Waals surface area contributed by atoms with Gasteiger partial charge < -0.3 is 9.94 Å². The van der Waals surface area contributed by atoms with Crippen LogP contribution in [0.2, 0.25) is 0 Å². The van der Waals surface area contributed by atoms with Crippen LogP contribution in [-0.4, -0.2) is 29.7 Å². The van der Waals surface area contributed by atoms with Crippen molar-refractivity contribution in [2.24, 2.45) is 0 Å². The van der Waals surface area contributed by atoms with Gasteiger partial charge in [0.05, 0.1) is 13.2 Å². The third-order valence-electron chi connectivity index (χ3n) is 1.33. The SMILES string of the molecule is C=CCC1OCCN1O. The minimum atomic E-state index is -0.150. The zero-order valence-corrected chi connectivity index (χ0v) is 5.29. The highest BCUT2D eigenvalue weighted by atomic mass is 16.6. The maximum Gasteiger partial charge on any atom is 0.136 e. The van der Waals surface area contributed by atoms with Gasteiger partial charge in [0.1, 0.15) is 6.23 Å². The van der Waals surface area contributed by atoms with Crippen molar-refractivity contribution in [2.45, 2.75) is 12.6 Å².